The predicted octanol–water partition coefficient (Wildman–Crippen LogP) is 5.33. The first kappa shape index (κ1) is 21.7. The van der Waals surface area contributed by atoms with Crippen LogP contribution in [0.5, 0.6) is 11.5 Å². The topological polar surface area (TPSA) is 87.1 Å². The van der Waals surface area contributed by atoms with E-state index in [9.17, 15) is 19.8 Å². The van der Waals surface area contributed by atoms with Crippen molar-refractivity contribution in [2.45, 2.75) is 6.04 Å². The third kappa shape index (κ3) is 3.79. The Morgan fingerprint density at radius 2 is 1.69 bits per heavy atom. The number of phenolic OH excluding ortho intramolecular Hbond substituents is 1. The van der Waals surface area contributed by atoms with E-state index < -0.39 is 17.7 Å². The summed E-state index contributed by atoms with van der Waals surface area (Å²) in [5.41, 5.74) is 1.07. The van der Waals surface area contributed by atoms with Crippen molar-refractivity contribution in [2.24, 2.45) is 0 Å². The van der Waals surface area contributed by atoms with Gasteiger partial charge in [0.05, 0.1) is 28.8 Å². The van der Waals surface area contributed by atoms with Gasteiger partial charge in [-0.2, -0.15) is 0 Å². The summed E-state index contributed by atoms with van der Waals surface area (Å²) in [5.74, 6) is -1.52. The molecule has 1 heterocycles. The van der Waals surface area contributed by atoms with Gasteiger partial charge in [-0.15, -0.1) is 0 Å². The Bertz CT molecular complexity index is 1250. The zero-order chi connectivity index (χ0) is 23.0. The van der Waals surface area contributed by atoms with Gasteiger partial charge in [0.2, 0.25) is 0 Å². The molecule has 162 valence electrons. The summed E-state index contributed by atoms with van der Waals surface area (Å²) in [7, 11) is 1.50. The van der Waals surface area contributed by atoms with Crippen molar-refractivity contribution in [1.82, 2.24) is 0 Å². The Morgan fingerprint density at radius 1 is 0.969 bits per heavy atom. The Morgan fingerprint density at radius 3 is 2.34 bits per heavy atom. The fourth-order valence-corrected chi connectivity index (χ4v) is 3.93. The molecule has 1 aliphatic heterocycles. The number of phenols is 1. The second kappa shape index (κ2) is 8.57. The first-order valence-electron chi connectivity index (χ1n) is 9.51. The normalized spacial score (nSPS) is 17.6. The fraction of sp³-hybridized carbons (Fsp3) is 0.0833. The molecule has 1 atom stereocenters. The van der Waals surface area contributed by atoms with Gasteiger partial charge in [0.15, 0.2) is 0 Å². The van der Waals surface area contributed by atoms with Crippen LogP contribution in [0.25, 0.3) is 5.76 Å². The maximum atomic E-state index is 13.1. The van der Waals surface area contributed by atoms with Gasteiger partial charge < -0.3 is 14.9 Å². The molecule has 1 amide bonds. The highest BCUT2D eigenvalue weighted by atomic mass is 35.5. The average molecular weight is 470 g/mol. The molecule has 3 aromatic carbocycles. The van der Waals surface area contributed by atoms with E-state index in [-0.39, 0.29) is 32.7 Å². The lowest BCUT2D eigenvalue weighted by atomic mass is 9.95. The molecule has 3 aromatic rings. The highest BCUT2D eigenvalue weighted by molar-refractivity contribution is 6.51. The third-order valence-electron chi connectivity index (χ3n) is 5.18. The smallest absolute Gasteiger partial charge is 0.300 e. The Hall–Kier alpha value is -3.48. The number of hydrogen-bond acceptors (Lipinski definition) is 5. The van der Waals surface area contributed by atoms with Gasteiger partial charge >= 0.3 is 0 Å². The number of anilines is 1. The minimum absolute atomic E-state index is 0.0246. The van der Waals surface area contributed by atoms with E-state index in [2.05, 4.69) is 0 Å². The maximum Gasteiger partial charge on any atom is 0.300 e. The van der Waals surface area contributed by atoms with Crippen LogP contribution in [0.3, 0.4) is 0 Å². The standard InChI is InChI=1S/C24H17Cl2NO5/c1-32-17-4-2-3-15(12-17)27-21(13-5-8-16(28)9-6-13)20(23(30)24(27)31)22(29)14-7-10-18(25)19(26)11-14/h2-12,21,28-29H,1H3/b22-20+. The van der Waals surface area contributed by atoms with Crippen molar-refractivity contribution in [3.8, 4) is 11.5 Å². The lowest BCUT2D eigenvalue weighted by Gasteiger charge is -2.25. The van der Waals surface area contributed by atoms with E-state index in [1.54, 1.807) is 36.4 Å². The molecule has 0 spiro atoms. The van der Waals surface area contributed by atoms with E-state index in [1.165, 1.54) is 42.3 Å². The van der Waals surface area contributed by atoms with Crippen molar-refractivity contribution >= 4 is 46.3 Å². The number of ketones is 1. The lowest BCUT2D eigenvalue weighted by molar-refractivity contribution is -0.132. The molecular weight excluding hydrogens is 453 g/mol. The van der Waals surface area contributed by atoms with Crippen LogP contribution in [0.1, 0.15) is 17.2 Å². The van der Waals surface area contributed by atoms with Crippen molar-refractivity contribution in [1.29, 1.82) is 0 Å². The van der Waals surface area contributed by atoms with Crippen LogP contribution in [-0.2, 0) is 9.59 Å². The highest BCUT2D eigenvalue weighted by Crippen LogP contribution is 2.43. The summed E-state index contributed by atoms with van der Waals surface area (Å²) in [5, 5.41) is 21.3. The van der Waals surface area contributed by atoms with Crippen LogP contribution >= 0.6 is 23.2 Å². The van der Waals surface area contributed by atoms with Gasteiger partial charge in [0, 0.05) is 17.3 Å². The molecule has 0 radical (unpaired) electrons. The quantitative estimate of drug-likeness (QED) is 0.306. The SMILES string of the molecule is COc1cccc(N2C(=O)C(=O)/C(=C(/O)c3ccc(Cl)c(Cl)c3)C2c2ccc(O)cc2)c1. The van der Waals surface area contributed by atoms with Gasteiger partial charge in [-0.05, 0) is 48.0 Å². The Balaban J connectivity index is 1.95. The molecule has 0 bridgehead atoms. The van der Waals surface area contributed by atoms with Gasteiger partial charge in [-0.3, -0.25) is 14.5 Å². The van der Waals surface area contributed by atoms with Gasteiger partial charge in [0.1, 0.15) is 17.3 Å². The Kier molecular flexibility index (Phi) is 5.82. The summed E-state index contributed by atoms with van der Waals surface area (Å²) < 4.78 is 5.26. The number of aliphatic hydroxyl groups is 1. The first-order valence-corrected chi connectivity index (χ1v) is 10.3. The van der Waals surface area contributed by atoms with E-state index in [0.29, 0.717) is 17.0 Å². The molecule has 6 nitrogen and oxygen atoms in total. The van der Waals surface area contributed by atoms with Crippen LogP contribution in [0.4, 0.5) is 5.69 Å². The summed E-state index contributed by atoms with van der Waals surface area (Å²) in [6.45, 7) is 0. The number of hydrogen-bond donors (Lipinski definition) is 2. The zero-order valence-corrected chi connectivity index (χ0v) is 18.3. The monoisotopic (exact) mass is 469 g/mol. The number of ether oxygens (including phenoxy) is 1. The van der Waals surface area contributed by atoms with E-state index in [4.69, 9.17) is 27.9 Å². The van der Waals surface area contributed by atoms with E-state index in [0.717, 1.165) is 0 Å². The van der Waals surface area contributed by atoms with Gasteiger partial charge in [0.25, 0.3) is 11.7 Å². The van der Waals surface area contributed by atoms with Gasteiger partial charge in [-0.1, -0.05) is 41.4 Å². The Labute approximate surface area is 193 Å². The summed E-state index contributed by atoms with van der Waals surface area (Å²) in [4.78, 5) is 27.5. The van der Waals surface area contributed by atoms with Gasteiger partial charge in [-0.25, -0.2) is 0 Å². The summed E-state index contributed by atoms with van der Waals surface area (Å²) >= 11 is 12.1. The molecule has 1 fully saturated rings. The number of nitrogens with zero attached hydrogens (tertiary/aromatic N) is 1. The third-order valence-corrected chi connectivity index (χ3v) is 5.92. The first-order chi connectivity index (χ1) is 15.3. The number of Topliss-reactive ketones (excluding diaryl/α,β-unsaturated/α-hetero) is 1. The number of carbonyl (C=O) groups excluding carboxylic acids is 2. The number of carbonyl (C=O) groups is 2. The summed E-state index contributed by atoms with van der Waals surface area (Å²) in [6, 6.07) is 16.2. The average Bonchev–Trinajstić information content (AvgIpc) is 3.06. The van der Waals surface area contributed by atoms with E-state index in [1.807, 2.05) is 0 Å². The van der Waals surface area contributed by atoms with Crippen molar-refractivity contribution in [3.05, 3.63) is 93.5 Å². The van der Waals surface area contributed by atoms with Crippen molar-refractivity contribution in [3.63, 3.8) is 0 Å². The molecule has 4 rings (SSSR count). The molecule has 0 saturated carbocycles. The van der Waals surface area contributed by atoms with E-state index >= 15 is 0 Å². The molecular formula is C24H17Cl2NO5. The number of methoxy groups -OCH3 is 1. The molecule has 8 heteroatoms. The molecule has 32 heavy (non-hydrogen) atoms. The number of aliphatic hydroxyl groups excluding tert-OH is 1. The predicted molar refractivity (Wildman–Crippen MR) is 122 cm³/mol. The maximum absolute atomic E-state index is 13.1. The second-order valence-corrected chi connectivity index (χ2v) is 7.91. The number of aromatic hydroxyl groups is 1. The molecule has 1 unspecified atom stereocenters. The minimum atomic E-state index is -0.947. The second-order valence-electron chi connectivity index (χ2n) is 7.09. The highest BCUT2D eigenvalue weighted by Gasteiger charge is 2.47. The number of halogens is 2. The fourth-order valence-electron chi connectivity index (χ4n) is 3.63. The van der Waals surface area contributed by atoms with Crippen LogP contribution in [-0.4, -0.2) is 29.0 Å². The lowest BCUT2D eigenvalue weighted by Crippen LogP contribution is -2.29. The molecule has 0 aliphatic carbocycles. The van der Waals surface area contributed by atoms with Crippen molar-refractivity contribution in [2.75, 3.05) is 12.0 Å². The molecule has 1 aliphatic rings. The number of benzene rings is 3. The molecule has 0 aromatic heterocycles. The van der Waals surface area contributed by atoms with Crippen LogP contribution < -0.4 is 9.64 Å². The van der Waals surface area contributed by atoms with Crippen molar-refractivity contribution < 1.29 is 24.5 Å². The van der Waals surface area contributed by atoms with Crippen LogP contribution in [0, 0.1) is 0 Å². The molecule has 1 saturated heterocycles. The zero-order valence-electron chi connectivity index (χ0n) is 16.8. The molecule has 2 N–H and O–H groups in total. The largest absolute Gasteiger partial charge is 0.508 e. The van der Waals surface area contributed by atoms with Crippen LogP contribution in [0.15, 0.2) is 72.3 Å². The summed E-state index contributed by atoms with van der Waals surface area (Å²) in [6.07, 6.45) is 0. The number of amides is 1. The minimum Gasteiger partial charge on any atom is -0.508 e. The number of rotatable bonds is 4. The van der Waals surface area contributed by atoms with Crippen LogP contribution in [0.2, 0.25) is 10.0 Å².